The Labute approximate surface area is 142 Å². The molecule has 0 aliphatic heterocycles. The molecule has 0 radical (unpaired) electrons. The van der Waals surface area contributed by atoms with E-state index in [9.17, 15) is 13.2 Å². The Balaban J connectivity index is 2.18. The number of nitrogens with one attached hydrogen (secondary N) is 2. The van der Waals surface area contributed by atoms with Gasteiger partial charge >= 0.3 is 6.18 Å². The number of hydrogen-bond donors (Lipinski definition) is 2. The van der Waals surface area contributed by atoms with Crippen LogP contribution < -0.4 is 20.1 Å². The topological polar surface area (TPSA) is 42.5 Å². The van der Waals surface area contributed by atoms with E-state index >= 15 is 0 Å². The first-order chi connectivity index (χ1) is 11.3. The van der Waals surface area contributed by atoms with Gasteiger partial charge < -0.3 is 20.1 Å². The van der Waals surface area contributed by atoms with Crippen LogP contribution in [-0.2, 0) is 6.18 Å². The molecule has 0 amide bonds. The molecule has 0 aliphatic rings. The number of hydrogen-bond acceptors (Lipinski definition) is 3. The van der Waals surface area contributed by atoms with Gasteiger partial charge in [0.25, 0.3) is 0 Å². The Morgan fingerprint density at radius 1 is 0.958 bits per heavy atom. The van der Waals surface area contributed by atoms with Gasteiger partial charge in [0.2, 0.25) is 0 Å². The lowest BCUT2D eigenvalue weighted by molar-refractivity contribution is -0.136. The van der Waals surface area contributed by atoms with Crippen molar-refractivity contribution in [3.8, 4) is 11.5 Å². The third kappa shape index (κ3) is 4.51. The zero-order chi connectivity index (χ0) is 17.7. The van der Waals surface area contributed by atoms with E-state index in [0.29, 0.717) is 17.2 Å². The molecular weight excluding hydrogens is 341 g/mol. The number of halogens is 3. The maximum Gasteiger partial charge on any atom is 0.418 e. The first kappa shape index (κ1) is 17.9. The lowest BCUT2D eigenvalue weighted by atomic mass is 10.1. The molecule has 0 aliphatic carbocycles. The van der Waals surface area contributed by atoms with Gasteiger partial charge in [-0.15, -0.1) is 0 Å². The van der Waals surface area contributed by atoms with E-state index in [1.807, 2.05) is 0 Å². The summed E-state index contributed by atoms with van der Waals surface area (Å²) >= 11 is 5.09. The predicted molar refractivity (Wildman–Crippen MR) is 90.8 cm³/mol. The van der Waals surface area contributed by atoms with Crippen molar-refractivity contribution in [2.24, 2.45) is 0 Å². The highest BCUT2D eigenvalue weighted by Gasteiger charge is 2.33. The van der Waals surface area contributed by atoms with Crippen LogP contribution in [0.1, 0.15) is 5.56 Å². The van der Waals surface area contributed by atoms with Gasteiger partial charge in [-0.2, -0.15) is 13.2 Å². The third-order valence-corrected chi connectivity index (χ3v) is 3.29. The SMILES string of the molecule is COc1cc(NC(=S)Nc2ccccc2C(F)(F)F)cc(OC)c1. The summed E-state index contributed by atoms with van der Waals surface area (Å²) in [5, 5.41) is 5.39. The van der Waals surface area contributed by atoms with E-state index in [1.165, 1.54) is 32.4 Å². The Kier molecular flexibility index (Phi) is 5.50. The Bertz CT molecular complexity index is 713. The number of benzene rings is 2. The fourth-order valence-electron chi connectivity index (χ4n) is 2.00. The summed E-state index contributed by atoms with van der Waals surface area (Å²) in [6.07, 6.45) is -4.47. The third-order valence-electron chi connectivity index (χ3n) is 3.09. The molecule has 128 valence electrons. The molecule has 4 nitrogen and oxygen atoms in total. The zero-order valence-corrected chi connectivity index (χ0v) is 13.7. The minimum Gasteiger partial charge on any atom is -0.497 e. The van der Waals surface area contributed by atoms with Crippen LogP contribution in [0.3, 0.4) is 0 Å². The summed E-state index contributed by atoms with van der Waals surface area (Å²) in [5.74, 6) is 1.05. The normalized spacial score (nSPS) is 10.9. The van der Waals surface area contributed by atoms with Gasteiger partial charge in [0, 0.05) is 23.9 Å². The van der Waals surface area contributed by atoms with Gasteiger partial charge in [-0.1, -0.05) is 12.1 Å². The molecule has 0 spiro atoms. The van der Waals surface area contributed by atoms with Crippen LogP contribution in [0.4, 0.5) is 24.5 Å². The first-order valence-electron chi connectivity index (χ1n) is 6.81. The Hall–Kier alpha value is -2.48. The number of ether oxygens (including phenoxy) is 2. The second-order valence-corrected chi connectivity index (χ2v) is 5.13. The quantitative estimate of drug-likeness (QED) is 0.788. The molecule has 0 saturated carbocycles. The van der Waals surface area contributed by atoms with Crippen LogP contribution in [0.15, 0.2) is 42.5 Å². The van der Waals surface area contributed by atoms with E-state index in [4.69, 9.17) is 21.7 Å². The largest absolute Gasteiger partial charge is 0.497 e. The second kappa shape index (κ2) is 7.39. The van der Waals surface area contributed by atoms with Crippen molar-refractivity contribution >= 4 is 28.7 Å². The molecule has 0 heterocycles. The van der Waals surface area contributed by atoms with Crippen molar-refractivity contribution in [1.29, 1.82) is 0 Å². The van der Waals surface area contributed by atoms with E-state index in [1.54, 1.807) is 18.2 Å². The van der Waals surface area contributed by atoms with Crippen LogP contribution >= 0.6 is 12.2 Å². The maximum absolute atomic E-state index is 13.0. The van der Waals surface area contributed by atoms with Gasteiger partial charge in [0.1, 0.15) is 11.5 Å². The van der Waals surface area contributed by atoms with Gasteiger partial charge in [-0.3, -0.25) is 0 Å². The summed E-state index contributed by atoms with van der Waals surface area (Å²) in [6, 6.07) is 10.1. The first-order valence-corrected chi connectivity index (χ1v) is 7.21. The van der Waals surface area contributed by atoms with Gasteiger partial charge in [-0.05, 0) is 24.4 Å². The standard InChI is InChI=1S/C16H15F3N2O2S/c1-22-11-7-10(8-12(9-11)23-2)20-15(24)21-14-6-4-3-5-13(14)16(17,18)19/h3-9H,1-2H3,(H2,20,21,24). The minimum atomic E-state index is -4.47. The lowest BCUT2D eigenvalue weighted by Gasteiger charge is -2.16. The van der Waals surface area contributed by atoms with Gasteiger partial charge in [0.05, 0.1) is 25.5 Å². The fourth-order valence-corrected chi connectivity index (χ4v) is 2.23. The highest BCUT2D eigenvalue weighted by atomic mass is 32.1. The molecule has 2 N–H and O–H groups in total. The summed E-state index contributed by atoms with van der Waals surface area (Å²) in [4.78, 5) is 0. The van der Waals surface area contributed by atoms with Crippen LogP contribution in [-0.4, -0.2) is 19.3 Å². The van der Waals surface area contributed by atoms with E-state index in [-0.39, 0.29) is 10.8 Å². The van der Waals surface area contributed by atoms with Crippen LogP contribution in [0, 0.1) is 0 Å². The highest BCUT2D eigenvalue weighted by molar-refractivity contribution is 7.80. The van der Waals surface area contributed by atoms with E-state index < -0.39 is 11.7 Å². The van der Waals surface area contributed by atoms with Gasteiger partial charge in [-0.25, -0.2) is 0 Å². The van der Waals surface area contributed by atoms with Crippen LogP contribution in [0.25, 0.3) is 0 Å². The number of anilines is 2. The smallest absolute Gasteiger partial charge is 0.418 e. The van der Waals surface area contributed by atoms with Crippen molar-refractivity contribution in [3.05, 3.63) is 48.0 Å². The lowest BCUT2D eigenvalue weighted by Crippen LogP contribution is -2.21. The van der Waals surface area contributed by atoms with E-state index in [0.717, 1.165) is 6.07 Å². The second-order valence-electron chi connectivity index (χ2n) is 4.72. The molecular formula is C16H15F3N2O2S. The summed E-state index contributed by atoms with van der Waals surface area (Å²) < 4.78 is 49.2. The van der Waals surface area contributed by atoms with Crippen molar-refractivity contribution in [2.75, 3.05) is 24.9 Å². The monoisotopic (exact) mass is 356 g/mol. The number of alkyl halides is 3. The number of methoxy groups -OCH3 is 2. The summed E-state index contributed by atoms with van der Waals surface area (Å²) in [6.45, 7) is 0. The molecule has 0 atom stereocenters. The zero-order valence-electron chi connectivity index (χ0n) is 12.9. The maximum atomic E-state index is 13.0. The van der Waals surface area contributed by atoms with E-state index in [2.05, 4.69) is 10.6 Å². The van der Waals surface area contributed by atoms with Crippen molar-refractivity contribution in [3.63, 3.8) is 0 Å². The highest BCUT2D eigenvalue weighted by Crippen LogP contribution is 2.34. The number of para-hydroxylation sites is 1. The molecule has 0 fully saturated rings. The van der Waals surface area contributed by atoms with Crippen molar-refractivity contribution in [1.82, 2.24) is 0 Å². The molecule has 2 rings (SSSR count). The molecule has 0 saturated heterocycles. The van der Waals surface area contributed by atoms with Crippen molar-refractivity contribution in [2.45, 2.75) is 6.18 Å². The molecule has 0 bridgehead atoms. The predicted octanol–water partition coefficient (Wildman–Crippen LogP) is 4.53. The molecule has 2 aromatic rings. The molecule has 8 heteroatoms. The minimum absolute atomic E-state index is 0.0157. The summed E-state index contributed by atoms with van der Waals surface area (Å²) in [5.41, 5.74) is -0.400. The average Bonchev–Trinajstić information content (AvgIpc) is 2.53. The van der Waals surface area contributed by atoms with Crippen molar-refractivity contribution < 1.29 is 22.6 Å². The molecule has 0 unspecified atom stereocenters. The van der Waals surface area contributed by atoms with Gasteiger partial charge in [0.15, 0.2) is 5.11 Å². The number of thiocarbonyl (C=S) groups is 1. The average molecular weight is 356 g/mol. The molecule has 0 aromatic heterocycles. The van der Waals surface area contributed by atoms with Crippen LogP contribution in [0.2, 0.25) is 0 Å². The Morgan fingerprint density at radius 3 is 2.08 bits per heavy atom. The Morgan fingerprint density at radius 2 is 1.54 bits per heavy atom. The molecule has 24 heavy (non-hydrogen) atoms. The number of rotatable bonds is 4. The fraction of sp³-hybridized carbons (Fsp3) is 0.188. The van der Waals surface area contributed by atoms with Crippen LogP contribution in [0.5, 0.6) is 11.5 Å². The molecule has 2 aromatic carbocycles. The summed E-state index contributed by atoms with van der Waals surface area (Å²) in [7, 11) is 2.99.